The molecule has 3 rings (SSSR count). The number of carbonyl (C=O) groups is 1. The summed E-state index contributed by atoms with van der Waals surface area (Å²) in [6.45, 7) is 1.46. The molecule has 10 heteroatoms. The minimum atomic E-state index is -4.35. The molecule has 0 fully saturated rings. The number of halogens is 2. The van der Waals surface area contributed by atoms with Crippen LogP contribution in [0.3, 0.4) is 0 Å². The van der Waals surface area contributed by atoms with Crippen LogP contribution in [0.15, 0.2) is 53.7 Å². The highest BCUT2D eigenvalue weighted by Gasteiger charge is 2.21. The molecule has 0 aliphatic carbocycles. The van der Waals surface area contributed by atoms with Gasteiger partial charge in [-0.15, -0.1) is 0 Å². The van der Waals surface area contributed by atoms with Crippen molar-refractivity contribution in [3.8, 4) is 11.1 Å². The molecule has 0 aliphatic heterocycles. The zero-order valence-corrected chi connectivity index (χ0v) is 16.9. The summed E-state index contributed by atoms with van der Waals surface area (Å²) in [5.74, 6) is -1.92. The Balaban J connectivity index is 2.00. The van der Waals surface area contributed by atoms with E-state index in [1.54, 1.807) is 19.2 Å². The number of nitrogens with zero attached hydrogens (tertiary/aromatic N) is 2. The number of ketones is 1. The van der Waals surface area contributed by atoms with Crippen molar-refractivity contribution in [3.05, 3.63) is 66.1 Å². The van der Waals surface area contributed by atoms with E-state index >= 15 is 0 Å². The average molecular weight is 432 g/mol. The van der Waals surface area contributed by atoms with Gasteiger partial charge in [0.25, 0.3) is 10.0 Å². The third-order valence-electron chi connectivity index (χ3n) is 4.13. The fourth-order valence-corrected chi connectivity index (χ4v) is 3.92. The van der Waals surface area contributed by atoms with E-state index in [2.05, 4.69) is 20.0 Å². The van der Waals surface area contributed by atoms with Crippen molar-refractivity contribution < 1.29 is 22.0 Å². The van der Waals surface area contributed by atoms with E-state index in [0.29, 0.717) is 22.9 Å². The smallest absolute Gasteiger partial charge is 0.264 e. The summed E-state index contributed by atoms with van der Waals surface area (Å²) in [6, 6.07) is 7.12. The first-order valence-electron chi connectivity index (χ1n) is 8.80. The second-order valence-electron chi connectivity index (χ2n) is 6.47. The molecule has 0 unspecified atom stereocenters. The Morgan fingerprint density at radius 2 is 1.83 bits per heavy atom. The van der Waals surface area contributed by atoms with Crippen molar-refractivity contribution in [2.45, 2.75) is 18.2 Å². The fraction of sp³-hybridized carbons (Fsp3) is 0.150. The van der Waals surface area contributed by atoms with Crippen LogP contribution in [-0.4, -0.2) is 31.2 Å². The third-order valence-corrected chi connectivity index (χ3v) is 5.53. The van der Waals surface area contributed by atoms with Crippen LogP contribution in [0.2, 0.25) is 0 Å². The van der Waals surface area contributed by atoms with Gasteiger partial charge in [0.15, 0.2) is 0 Å². The zero-order valence-electron chi connectivity index (χ0n) is 16.1. The van der Waals surface area contributed by atoms with Crippen molar-refractivity contribution >= 4 is 27.3 Å². The molecule has 0 saturated heterocycles. The predicted octanol–water partition coefficient (Wildman–Crippen LogP) is 3.40. The number of benzene rings is 1. The Hall–Kier alpha value is -3.40. The number of hydrogen-bond acceptors (Lipinski definition) is 6. The first-order chi connectivity index (χ1) is 14.2. The van der Waals surface area contributed by atoms with Crippen molar-refractivity contribution in [1.29, 1.82) is 0 Å². The van der Waals surface area contributed by atoms with Gasteiger partial charge in [0.05, 0.1) is 5.69 Å². The Labute approximate surface area is 172 Å². The number of rotatable bonds is 7. The molecule has 2 N–H and O–H groups in total. The molecule has 0 bridgehead atoms. The van der Waals surface area contributed by atoms with Gasteiger partial charge in [-0.3, -0.25) is 14.5 Å². The molecule has 156 valence electrons. The average Bonchev–Trinajstić information content (AvgIpc) is 2.67. The molecule has 0 spiro atoms. The molecule has 2 heterocycles. The molecule has 3 aromatic rings. The first kappa shape index (κ1) is 21.3. The van der Waals surface area contributed by atoms with Crippen molar-refractivity contribution in [1.82, 2.24) is 9.97 Å². The maximum absolute atomic E-state index is 14.0. The molecular weight excluding hydrogens is 414 g/mol. The van der Waals surface area contributed by atoms with Crippen LogP contribution in [0.5, 0.6) is 0 Å². The molecule has 1 aromatic carbocycles. The predicted molar refractivity (Wildman–Crippen MR) is 109 cm³/mol. The van der Waals surface area contributed by atoms with E-state index in [4.69, 9.17) is 0 Å². The lowest BCUT2D eigenvalue weighted by Gasteiger charge is -2.14. The van der Waals surface area contributed by atoms with Crippen LogP contribution >= 0.6 is 0 Å². The Morgan fingerprint density at radius 3 is 2.50 bits per heavy atom. The molecule has 7 nitrogen and oxygen atoms in total. The Kier molecular flexibility index (Phi) is 6.06. The van der Waals surface area contributed by atoms with Crippen LogP contribution in [0.4, 0.5) is 20.3 Å². The number of pyridine rings is 2. The van der Waals surface area contributed by atoms with Crippen molar-refractivity contribution in [3.63, 3.8) is 0 Å². The number of hydrogen-bond donors (Lipinski definition) is 2. The van der Waals surface area contributed by atoms with E-state index < -0.39 is 26.6 Å². The lowest BCUT2D eigenvalue weighted by molar-refractivity contribution is -0.116. The minimum absolute atomic E-state index is 0.0434. The molecule has 0 amide bonds. The summed E-state index contributed by atoms with van der Waals surface area (Å²) >= 11 is 0. The number of carbonyl (C=O) groups excluding carboxylic acids is 1. The maximum Gasteiger partial charge on any atom is 0.264 e. The summed E-state index contributed by atoms with van der Waals surface area (Å²) in [6.07, 6.45) is 3.23. The van der Waals surface area contributed by atoms with Crippen LogP contribution in [0.1, 0.15) is 12.6 Å². The number of Topliss-reactive ketones (excluding diaryl/α,β-unsaturated/α-hetero) is 1. The third kappa shape index (κ3) is 4.77. The van der Waals surface area contributed by atoms with E-state index in [0.717, 1.165) is 12.1 Å². The number of anilines is 2. The van der Waals surface area contributed by atoms with Gasteiger partial charge in [-0.05, 0) is 42.8 Å². The van der Waals surface area contributed by atoms with Gasteiger partial charge in [0.2, 0.25) is 0 Å². The van der Waals surface area contributed by atoms with Gasteiger partial charge in [-0.25, -0.2) is 22.2 Å². The van der Waals surface area contributed by atoms with Gasteiger partial charge in [-0.1, -0.05) is 0 Å². The summed E-state index contributed by atoms with van der Waals surface area (Å²) in [7, 11) is -2.79. The highest BCUT2D eigenvalue weighted by atomic mass is 32.2. The zero-order chi connectivity index (χ0) is 21.9. The normalized spacial score (nSPS) is 11.2. The van der Waals surface area contributed by atoms with Gasteiger partial charge in [0.1, 0.15) is 28.1 Å². The quantitative estimate of drug-likeness (QED) is 0.594. The number of sulfonamides is 1. The van der Waals surface area contributed by atoms with Crippen molar-refractivity contribution in [2.75, 3.05) is 17.1 Å². The van der Waals surface area contributed by atoms with E-state index in [-0.39, 0.29) is 23.7 Å². The van der Waals surface area contributed by atoms with Gasteiger partial charge in [-0.2, -0.15) is 0 Å². The molecule has 0 aliphatic rings. The van der Waals surface area contributed by atoms with E-state index in [1.807, 2.05) is 0 Å². The highest BCUT2D eigenvalue weighted by molar-refractivity contribution is 7.92. The largest absolute Gasteiger partial charge is 0.371 e. The molecular formula is C20H18F2N4O3S. The van der Waals surface area contributed by atoms with Crippen LogP contribution in [0.25, 0.3) is 11.1 Å². The minimum Gasteiger partial charge on any atom is -0.371 e. The second-order valence-corrected chi connectivity index (χ2v) is 8.12. The molecule has 0 radical (unpaired) electrons. The lowest BCUT2D eigenvalue weighted by Crippen LogP contribution is -2.16. The van der Waals surface area contributed by atoms with Gasteiger partial charge in [0, 0.05) is 43.2 Å². The summed E-state index contributed by atoms with van der Waals surface area (Å²) in [4.78, 5) is 19.0. The maximum atomic E-state index is 14.0. The fourth-order valence-electron chi connectivity index (χ4n) is 2.80. The summed E-state index contributed by atoms with van der Waals surface area (Å²) in [5, 5.41) is 2.76. The summed E-state index contributed by atoms with van der Waals surface area (Å²) < 4.78 is 54.7. The Bertz CT molecular complexity index is 1220. The molecule has 0 atom stereocenters. The monoisotopic (exact) mass is 432 g/mol. The topological polar surface area (TPSA) is 101 Å². The second kappa shape index (κ2) is 8.54. The van der Waals surface area contributed by atoms with E-state index in [9.17, 15) is 22.0 Å². The standard InChI is InChI=1S/C20H18F2N4O3S/c1-12(27)7-16-8-13(5-6-24-16)14-9-18(20(23-2)25-11-14)26-30(28,29)19-4-3-15(21)10-17(19)22/h3-6,8-11,26H,7H2,1-2H3,(H,23,25). The molecule has 30 heavy (non-hydrogen) atoms. The number of aromatic nitrogens is 2. The van der Waals surface area contributed by atoms with Crippen molar-refractivity contribution in [2.24, 2.45) is 0 Å². The molecule has 0 saturated carbocycles. The van der Waals surface area contributed by atoms with Crippen LogP contribution in [-0.2, 0) is 21.2 Å². The first-order valence-corrected chi connectivity index (χ1v) is 10.3. The highest BCUT2D eigenvalue weighted by Crippen LogP contribution is 2.29. The molecule has 2 aromatic heterocycles. The van der Waals surface area contributed by atoms with Gasteiger partial charge >= 0.3 is 0 Å². The lowest BCUT2D eigenvalue weighted by atomic mass is 10.1. The van der Waals surface area contributed by atoms with E-state index in [1.165, 1.54) is 25.4 Å². The van der Waals surface area contributed by atoms with Crippen LogP contribution in [0, 0.1) is 11.6 Å². The summed E-state index contributed by atoms with van der Waals surface area (Å²) in [5.41, 5.74) is 1.86. The van der Waals surface area contributed by atoms with Gasteiger partial charge < -0.3 is 5.32 Å². The Morgan fingerprint density at radius 1 is 1.07 bits per heavy atom. The van der Waals surface area contributed by atoms with Crippen LogP contribution < -0.4 is 10.0 Å². The SMILES string of the molecule is CNc1ncc(-c2ccnc(CC(C)=O)c2)cc1NS(=O)(=O)c1ccc(F)cc1F. The number of nitrogens with one attached hydrogen (secondary N) is 2.